The number of unbranched alkanes of at least 4 members (excludes halogenated alkanes) is 4. The summed E-state index contributed by atoms with van der Waals surface area (Å²) in [6, 6.07) is 14.9. The van der Waals surface area contributed by atoms with Crippen LogP contribution in [0.1, 0.15) is 68.3 Å². The third kappa shape index (κ3) is 6.91. The molecule has 0 atom stereocenters. The maximum absolute atomic E-state index is 12.2. The molecule has 0 unspecified atom stereocenters. The minimum atomic E-state index is -0.336. The highest BCUT2D eigenvalue weighted by molar-refractivity contribution is 5.91. The summed E-state index contributed by atoms with van der Waals surface area (Å²) in [6.07, 6.45) is 8.22. The van der Waals surface area contributed by atoms with Gasteiger partial charge in [0.25, 0.3) is 0 Å². The largest absolute Gasteiger partial charge is 0.494 e. The van der Waals surface area contributed by atoms with E-state index in [1.165, 1.54) is 31.2 Å². The molecule has 2 aromatic rings. The molecule has 0 N–H and O–H groups in total. The van der Waals surface area contributed by atoms with Gasteiger partial charge in [-0.3, -0.25) is 0 Å². The van der Waals surface area contributed by atoms with Gasteiger partial charge in [0, 0.05) is 0 Å². The first kappa shape index (κ1) is 20.0. The lowest BCUT2D eigenvalue weighted by Gasteiger charge is -2.08. The molecule has 0 saturated carbocycles. The normalized spacial score (nSPS) is 10.5. The lowest BCUT2D eigenvalue weighted by molar-refractivity contribution is 0.0734. The van der Waals surface area contributed by atoms with Crippen LogP contribution in [0, 0.1) is 0 Å². The fourth-order valence-corrected chi connectivity index (χ4v) is 2.76. The molecule has 0 fully saturated rings. The van der Waals surface area contributed by atoms with Crippen molar-refractivity contribution in [3.8, 4) is 11.5 Å². The second-order valence-corrected chi connectivity index (χ2v) is 6.57. The Morgan fingerprint density at radius 2 is 1.42 bits per heavy atom. The van der Waals surface area contributed by atoms with Gasteiger partial charge < -0.3 is 9.47 Å². The van der Waals surface area contributed by atoms with Gasteiger partial charge in [0.05, 0.1) is 12.2 Å². The van der Waals surface area contributed by atoms with Crippen molar-refractivity contribution in [2.24, 2.45) is 0 Å². The summed E-state index contributed by atoms with van der Waals surface area (Å²) in [5.74, 6) is 1.00. The highest BCUT2D eigenvalue weighted by atomic mass is 16.5. The predicted octanol–water partition coefficient (Wildman–Crippen LogP) is 6.21. The third-order valence-corrected chi connectivity index (χ3v) is 4.28. The molecule has 0 saturated heterocycles. The van der Waals surface area contributed by atoms with Gasteiger partial charge in [-0.05, 0) is 54.8 Å². The van der Waals surface area contributed by atoms with E-state index in [9.17, 15) is 4.79 Å². The zero-order chi connectivity index (χ0) is 18.6. The van der Waals surface area contributed by atoms with E-state index in [-0.39, 0.29) is 5.97 Å². The van der Waals surface area contributed by atoms with Crippen molar-refractivity contribution in [3.05, 3.63) is 59.7 Å². The van der Waals surface area contributed by atoms with Gasteiger partial charge >= 0.3 is 5.97 Å². The number of carbonyl (C=O) groups excluding carboxylic acids is 1. The number of rotatable bonds is 11. The SMILES string of the molecule is CCCCCCCOc1ccc(OC(=O)c2ccc(CCC)cc2)cc1. The number of ether oxygens (including phenoxy) is 2. The van der Waals surface area contributed by atoms with Crippen LogP contribution >= 0.6 is 0 Å². The van der Waals surface area contributed by atoms with E-state index in [0.29, 0.717) is 11.3 Å². The number of esters is 1. The van der Waals surface area contributed by atoms with E-state index in [1.807, 2.05) is 36.4 Å². The van der Waals surface area contributed by atoms with Crippen LogP contribution in [-0.4, -0.2) is 12.6 Å². The smallest absolute Gasteiger partial charge is 0.343 e. The summed E-state index contributed by atoms with van der Waals surface area (Å²) in [7, 11) is 0. The third-order valence-electron chi connectivity index (χ3n) is 4.28. The molecule has 0 bridgehead atoms. The molecule has 0 aliphatic rings. The molecular weight excluding hydrogens is 324 g/mol. The Hall–Kier alpha value is -2.29. The van der Waals surface area contributed by atoms with Gasteiger partial charge in [-0.1, -0.05) is 58.1 Å². The topological polar surface area (TPSA) is 35.5 Å². The summed E-state index contributed by atoms with van der Waals surface area (Å²) in [5, 5.41) is 0. The maximum Gasteiger partial charge on any atom is 0.343 e. The van der Waals surface area contributed by atoms with Crippen LogP contribution in [0.3, 0.4) is 0 Å². The maximum atomic E-state index is 12.2. The van der Waals surface area contributed by atoms with Gasteiger partial charge in [0.1, 0.15) is 11.5 Å². The van der Waals surface area contributed by atoms with Crippen LogP contribution in [0.2, 0.25) is 0 Å². The van der Waals surface area contributed by atoms with Crippen molar-refractivity contribution in [1.29, 1.82) is 0 Å². The molecule has 0 heterocycles. The minimum absolute atomic E-state index is 0.336. The Kier molecular flexibility index (Phi) is 8.74. The van der Waals surface area contributed by atoms with Crippen LogP contribution < -0.4 is 9.47 Å². The summed E-state index contributed by atoms with van der Waals surface area (Å²) in [5.41, 5.74) is 1.80. The molecule has 3 nitrogen and oxygen atoms in total. The highest BCUT2D eigenvalue weighted by Gasteiger charge is 2.08. The van der Waals surface area contributed by atoms with Gasteiger partial charge in [-0.2, -0.15) is 0 Å². The molecule has 0 spiro atoms. The predicted molar refractivity (Wildman–Crippen MR) is 106 cm³/mol. The van der Waals surface area contributed by atoms with Gasteiger partial charge in [-0.15, -0.1) is 0 Å². The lowest BCUT2D eigenvalue weighted by Crippen LogP contribution is -2.08. The Balaban J connectivity index is 1.78. The highest BCUT2D eigenvalue weighted by Crippen LogP contribution is 2.19. The fraction of sp³-hybridized carbons (Fsp3) is 0.435. The Morgan fingerprint density at radius 1 is 0.769 bits per heavy atom. The van der Waals surface area contributed by atoms with Crippen LogP contribution in [0.15, 0.2) is 48.5 Å². The lowest BCUT2D eigenvalue weighted by atomic mass is 10.1. The van der Waals surface area contributed by atoms with Crippen LogP contribution in [0.25, 0.3) is 0 Å². The molecule has 0 amide bonds. The van der Waals surface area contributed by atoms with E-state index in [0.717, 1.165) is 31.6 Å². The Bertz CT molecular complexity index is 644. The van der Waals surface area contributed by atoms with Gasteiger partial charge in [-0.25, -0.2) is 4.79 Å². The number of aryl methyl sites for hydroxylation is 1. The van der Waals surface area contributed by atoms with Crippen molar-refractivity contribution >= 4 is 5.97 Å². The summed E-state index contributed by atoms with van der Waals surface area (Å²) in [6.45, 7) is 5.08. The van der Waals surface area contributed by atoms with E-state index in [4.69, 9.17) is 9.47 Å². The Morgan fingerprint density at radius 3 is 2.08 bits per heavy atom. The quantitative estimate of drug-likeness (QED) is 0.273. The van der Waals surface area contributed by atoms with Crippen LogP contribution in [-0.2, 0) is 6.42 Å². The molecule has 0 aliphatic heterocycles. The molecule has 0 aromatic heterocycles. The second-order valence-electron chi connectivity index (χ2n) is 6.57. The van der Waals surface area contributed by atoms with E-state index in [1.54, 1.807) is 12.1 Å². The summed E-state index contributed by atoms with van der Waals surface area (Å²) < 4.78 is 11.2. The zero-order valence-corrected chi connectivity index (χ0v) is 16.0. The zero-order valence-electron chi connectivity index (χ0n) is 16.0. The van der Waals surface area contributed by atoms with E-state index >= 15 is 0 Å². The van der Waals surface area contributed by atoms with Crippen LogP contribution in [0.5, 0.6) is 11.5 Å². The number of hydrogen-bond acceptors (Lipinski definition) is 3. The monoisotopic (exact) mass is 354 g/mol. The molecule has 26 heavy (non-hydrogen) atoms. The van der Waals surface area contributed by atoms with Crippen molar-refractivity contribution in [2.75, 3.05) is 6.61 Å². The van der Waals surface area contributed by atoms with Crippen molar-refractivity contribution < 1.29 is 14.3 Å². The van der Waals surface area contributed by atoms with E-state index < -0.39 is 0 Å². The average molecular weight is 354 g/mol. The van der Waals surface area contributed by atoms with Crippen LogP contribution in [0.4, 0.5) is 0 Å². The number of benzene rings is 2. The molecule has 2 aromatic carbocycles. The Labute approximate surface area is 157 Å². The minimum Gasteiger partial charge on any atom is -0.494 e. The summed E-state index contributed by atoms with van der Waals surface area (Å²) >= 11 is 0. The molecule has 0 radical (unpaired) electrons. The first-order chi connectivity index (χ1) is 12.7. The summed E-state index contributed by atoms with van der Waals surface area (Å²) in [4.78, 5) is 12.2. The molecule has 140 valence electrons. The molecule has 2 rings (SSSR count). The average Bonchev–Trinajstić information content (AvgIpc) is 2.66. The fourth-order valence-electron chi connectivity index (χ4n) is 2.76. The number of hydrogen-bond donors (Lipinski definition) is 0. The number of carbonyl (C=O) groups is 1. The standard InChI is InChI=1S/C23H30O3/c1-3-5-6-7-8-18-25-21-14-16-22(17-15-21)26-23(24)20-12-10-19(9-4-2)11-13-20/h10-17H,3-9,18H2,1-2H3. The van der Waals surface area contributed by atoms with Crippen molar-refractivity contribution in [2.45, 2.75) is 58.8 Å². The van der Waals surface area contributed by atoms with Crippen molar-refractivity contribution in [3.63, 3.8) is 0 Å². The van der Waals surface area contributed by atoms with Gasteiger partial charge in [0.2, 0.25) is 0 Å². The first-order valence-corrected chi connectivity index (χ1v) is 9.77. The van der Waals surface area contributed by atoms with Gasteiger partial charge in [0.15, 0.2) is 0 Å². The first-order valence-electron chi connectivity index (χ1n) is 9.77. The molecular formula is C23H30O3. The van der Waals surface area contributed by atoms with E-state index in [2.05, 4.69) is 13.8 Å². The molecule has 0 aliphatic carbocycles. The van der Waals surface area contributed by atoms with Crippen molar-refractivity contribution in [1.82, 2.24) is 0 Å². The second kappa shape index (κ2) is 11.3. The molecule has 3 heteroatoms.